The molecule has 0 bridgehead atoms. The van der Waals surface area contributed by atoms with Crippen molar-refractivity contribution in [2.45, 2.75) is 11.5 Å². The standard InChI is InChI=1S/C16H20N2O4S/c1-18(2)23(19,20)15-10-12(11-21-3)9-14(17)16(15)22-13-7-5-4-6-8-13/h4-10H,11,17H2,1-3H3. The SMILES string of the molecule is COCc1cc(N)c(Oc2ccccc2)c(S(=O)(=O)N(C)C)c1. The van der Waals surface area contributed by atoms with Crippen molar-refractivity contribution in [1.82, 2.24) is 4.31 Å². The first-order valence-corrected chi connectivity index (χ1v) is 8.37. The van der Waals surface area contributed by atoms with Gasteiger partial charge >= 0.3 is 0 Å². The number of nitrogens with zero attached hydrogens (tertiary/aromatic N) is 1. The first-order chi connectivity index (χ1) is 10.9. The highest BCUT2D eigenvalue weighted by Crippen LogP contribution is 2.36. The van der Waals surface area contributed by atoms with Gasteiger partial charge in [0, 0.05) is 21.2 Å². The predicted octanol–water partition coefficient (Wildman–Crippen LogP) is 2.46. The Morgan fingerprint density at radius 2 is 1.78 bits per heavy atom. The third kappa shape index (κ3) is 3.82. The zero-order valence-corrected chi connectivity index (χ0v) is 14.1. The Morgan fingerprint density at radius 1 is 1.13 bits per heavy atom. The molecule has 7 heteroatoms. The average molecular weight is 336 g/mol. The number of ether oxygens (including phenoxy) is 2. The molecule has 0 amide bonds. The van der Waals surface area contributed by atoms with Crippen molar-refractivity contribution in [2.75, 3.05) is 26.9 Å². The second kappa shape index (κ2) is 6.99. The molecule has 124 valence electrons. The van der Waals surface area contributed by atoms with Gasteiger partial charge in [-0.1, -0.05) is 18.2 Å². The van der Waals surface area contributed by atoms with Crippen LogP contribution in [0.1, 0.15) is 5.56 Å². The molecule has 2 aromatic rings. The molecule has 0 atom stereocenters. The van der Waals surface area contributed by atoms with E-state index in [2.05, 4.69) is 0 Å². The van der Waals surface area contributed by atoms with Gasteiger partial charge in [0.05, 0.1) is 12.3 Å². The highest BCUT2D eigenvalue weighted by Gasteiger charge is 2.25. The van der Waals surface area contributed by atoms with Crippen molar-refractivity contribution in [2.24, 2.45) is 0 Å². The maximum absolute atomic E-state index is 12.6. The minimum atomic E-state index is -3.72. The summed E-state index contributed by atoms with van der Waals surface area (Å²) in [6.07, 6.45) is 0. The molecule has 0 heterocycles. The fourth-order valence-corrected chi connectivity index (χ4v) is 3.12. The molecule has 2 rings (SSSR count). The molecule has 0 fully saturated rings. The number of benzene rings is 2. The van der Waals surface area contributed by atoms with E-state index in [0.29, 0.717) is 11.3 Å². The fraction of sp³-hybridized carbons (Fsp3) is 0.250. The van der Waals surface area contributed by atoms with Gasteiger partial charge in [-0.05, 0) is 29.8 Å². The van der Waals surface area contributed by atoms with Gasteiger partial charge in [0.2, 0.25) is 10.0 Å². The summed E-state index contributed by atoms with van der Waals surface area (Å²) in [5, 5.41) is 0. The molecule has 0 saturated carbocycles. The van der Waals surface area contributed by atoms with Gasteiger partial charge < -0.3 is 15.2 Å². The summed E-state index contributed by atoms with van der Waals surface area (Å²) in [6.45, 7) is 0.256. The van der Waals surface area contributed by atoms with E-state index in [9.17, 15) is 8.42 Å². The second-order valence-electron chi connectivity index (χ2n) is 5.15. The number of hydrogen-bond donors (Lipinski definition) is 1. The third-order valence-corrected chi connectivity index (χ3v) is 5.00. The Balaban J connectivity index is 2.60. The summed E-state index contributed by atoms with van der Waals surface area (Å²) in [5.74, 6) is 0.624. The molecular weight excluding hydrogens is 316 g/mol. The number of sulfonamides is 1. The summed E-state index contributed by atoms with van der Waals surface area (Å²) < 4.78 is 37.1. The van der Waals surface area contributed by atoms with Crippen molar-refractivity contribution in [3.63, 3.8) is 0 Å². The van der Waals surface area contributed by atoms with Crippen LogP contribution in [-0.2, 0) is 21.4 Å². The normalized spacial score (nSPS) is 11.7. The monoisotopic (exact) mass is 336 g/mol. The topological polar surface area (TPSA) is 81.9 Å². The summed E-state index contributed by atoms with van der Waals surface area (Å²) in [6, 6.07) is 12.1. The van der Waals surface area contributed by atoms with Crippen molar-refractivity contribution >= 4 is 15.7 Å². The molecule has 0 unspecified atom stereocenters. The summed E-state index contributed by atoms with van der Waals surface area (Å²) in [7, 11) is 0.733. The summed E-state index contributed by atoms with van der Waals surface area (Å²) >= 11 is 0. The van der Waals surface area contributed by atoms with E-state index in [0.717, 1.165) is 4.31 Å². The molecule has 0 aromatic heterocycles. The smallest absolute Gasteiger partial charge is 0.246 e. The van der Waals surface area contributed by atoms with Crippen LogP contribution in [0.3, 0.4) is 0 Å². The van der Waals surface area contributed by atoms with E-state index in [1.54, 1.807) is 30.3 Å². The lowest BCUT2D eigenvalue weighted by Gasteiger charge is -2.18. The molecule has 2 aromatic carbocycles. The number of methoxy groups -OCH3 is 1. The van der Waals surface area contributed by atoms with E-state index < -0.39 is 10.0 Å². The van der Waals surface area contributed by atoms with Crippen LogP contribution < -0.4 is 10.5 Å². The molecule has 0 spiro atoms. The van der Waals surface area contributed by atoms with Gasteiger partial charge in [0.15, 0.2) is 5.75 Å². The predicted molar refractivity (Wildman–Crippen MR) is 89.0 cm³/mol. The van der Waals surface area contributed by atoms with Gasteiger partial charge in [0.25, 0.3) is 0 Å². The van der Waals surface area contributed by atoms with Gasteiger partial charge in [-0.25, -0.2) is 12.7 Å². The Hall–Kier alpha value is -2.09. The summed E-state index contributed by atoms with van der Waals surface area (Å²) in [4.78, 5) is 0.0124. The lowest BCUT2D eigenvalue weighted by molar-refractivity contribution is 0.184. The van der Waals surface area contributed by atoms with E-state index >= 15 is 0 Å². The number of nitrogen functional groups attached to an aromatic ring is 1. The number of anilines is 1. The van der Waals surface area contributed by atoms with E-state index in [-0.39, 0.29) is 22.9 Å². The Bertz CT molecular complexity index is 774. The highest BCUT2D eigenvalue weighted by molar-refractivity contribution is 7.89. The Morgan fingerprint density at radius 3 is 2.35 bits per heavy atom. The lowest BCUT2D eigenvalue weighted by atomic mass is 10.2. The lowest BCUT2D eigenvalue weighted by Crippen LogP contribution is -2.23. The fourth-order valence-electron chi connectivity index (χ4n) is 2.04. The van der Waals surface area contributed by atoms with Crippen LogP contribution in [0.25, 0.3) is 0 Å². The van der Waals surface area contributed by atoms with Crippen LogP contribution in [-0.4, -0.2) is 33.9 Å². The maximum Gasteiger partial charge on any atom is 0.246 e. The van der Waals surface area contributed by atoms with Crippen molar-refractivity contribution in [3.05, 3.63) is 48.0 Å². The maximum atomic E-state index is 12.6. The molecule has 2 N–H and O–H groups in total. The molecule has 23 heavy (non-hydrogen) atoms. The van der Waals surface area contributed by atoms with Crippen LogP contribution in [0, 0.1) is 0 Å². The minimum Gasteiger partial charge on any atom is -0.454 e. The Labute approximate surface area is 136 Å². The van der Waals surface area contributed by atoms with Crippen LogP contribution in [0.4, 0.5) is 5.69 Å². The first kappa shape index (κ1) is 17.3. The zero-order valence-electron chi connectivity index (χ0n) is 13.3. The first-order valence-electron chi connectivity index (χ1n) is 6.93. The van der Waals surface area contributed by atoms with Gasteiger partial charge in [-0.3, -0.25) is 0 Å². The number of nitrogens with two attached hydrogens (primary N) is 1. The Kier molecular flexibility index (Phi) is 5.25. The van der Waals surface area contributed by atoms with Crippen LogP contribution >= 0.6 is 0 Å². The third-order valence-electron chi connectivity index (χ3n) is 3.18. The van der Waals surface area contributed by atoms with Crippen LogP contribution in [0.2, 0.25) is 0 Å². The van der Waals surface area contributed by atoms with Crippen molar-refractivity contribution in [1.29, 1.82) is 0 Å². The summed E-state index contributed by atoms with van der Waals surface area (Å²) in [5.41, 5.74) is 6.93. The quantitative estimate of drug-likeness (QED) is 0.820. The van der Waals surface area contributed by atoms with E-state index in [4.69, 9.17) is 15.2 Å². The minimum absolute atomic E-state index is 0.0124. The van der Waals surface area contributed by atoms with Gasteiger partial charge in [0.1, 0.15) is 10.6 Å². The van der Waals surface area contributed by atoms with Gasteiger partial charge in [-0.2, -0.15) is 0 Å². The average Bonchev–Trinajstić information content (AvgIpc) is 2.50. The molecule has 0 aliphatic rings. The molecule has 0 saturated heterocycles. The van der Waals surface area contributed by atoms with Crippen LogP contribution in [0.15, 0.2) is 47.4 Å². The zero-order chi connectivity index (χ0) is 17.0. The van der Waals surface area contributed by atoms with Crippen molar-refractivity contribution < 1.29 is 17.9 Å². The highest BCUT2D eigenvalue weighted by atomic mass is 32.2. The molecular formula is C16H20N2O4S. The molecule has 0 aliphatic carbocycles. The van der Waals surface area contributed by atoms with Crippen LogP contribution in [0.5, 0.6) is 11.5 Å². The molecule has 6 nitrogen and oxygen atoms in total. The number of hydrogen-bond acceptors (Lipinski definition) is 5. The number of rotatable bonds is 6. The van der Waals surface area contributed by atoms with Gasteiger partial charge in [-0.15, -0.1) is 0 Å². The van der Waals surface area contributed by atoms with E-state index in [1.807, 2.05) is 6.07 Å². The van der Waals surface area contributed by atoms with E-state index in [1.165, 1.54) is 27.3 Å². The molecule has 0 aliphatic heterocycles. The number of para-hydroxylation sites is 1. The second-order valence-corrected chi connectivity index (χ2v) is 7.27. The molecule has 0 radical (unpaired) electrons. The van der Waals surface area contributed by atoms with Crippen molar-refractivity contribution in [3.8, 4) is 11.5 Å². The largest absolute Gasteiger partial charge is 0.454 e.